The Labute approximate surface area is 187 Å². The van der Waals surface area contributed by atoms with E-state index in [1.54, 1.807) is 38.1 Å². The molecule has 5 nitrogen and oxygen atoms in total. The molecule has 1 aromatic heterocycles. The van der Waals surface area contributed by atoms with Crippen LogP contribution >= 0.6 is 11.6 Å². The van der Waals surface area contributed by atoms with Crippen molar-refractivity contribution in [2.24, 2.45) is 4.99 Å². The summed E-state index contributed by atoms with van der Waals surface area (Å²) in [5.41, 5.74) is -4.09. The minimum Gasteiger partial charge on any atom is -0.495 e. The largest absolute Gasteiger partial charge is 0.495 e. The molecule has 170 valence electrons. The van der Waals surface area contributed by atoms with Gasteiger partial charge in [-0.3, -0.25) is 9.79 Å². The van der Waals surface area contributed by atoms with Gasteiger partial charge in [0, 0.05) is 23.2 Å². The molecular weight excluding hydrogens is 445 g/mol. The second kappa shape index (κ2) is 8.60. The molecule has 0 saturated carbocycles. The van der Waals surface area contributed by atoms with Crippen LogP contribution in [-0.2, 0) is 5.41 Å². The Hall–Kier alpha value is -2.84. The van der Waals surface area contributed by atoms with Crippen molar-refractivity contribution in [3.05, 3.63) is 69.6 Å². The van der Waals surface area contributed by atoms with Gasteiger partial charge in [-0.25, -0.2) is 0 Å². The zero-order valence-corrected chi connectivity index (χ0v) is 18.4. The molecule has 0 spiro atoms. The molecule has 0 radical (unpaired) electrons. The molecule has 2 aromatic carbocycles. The second-order valence-corrected chi connectivity index (χ2v) is 8.54. The van der Waals surface area contributed by atoms with Gasteiger partial charge in [0.2, 0.25) is 0 Å². The first-order chi connectivity index (χ1) is 14.9. The molecule has 3 rings (SSSR count). The molecule has 1 atom stereocenters. The SMILES string of the molecule is COc1cc(C(C)(C)CC(O)(C=Nc2cccc3c(=O)[nH]ccc23)C(F)(F)F)ccc1Cl. The Bertz CT molecular complexity index is 1220. The summed E-state index contributed by atoms with van der Waals surface area (Å²) in [6, 6.07) is 10.8. The molecule has 0 bridgehead atoms. The molecule has 32 heavy (non-hydrogen) atoms. The Balaban J connectivity index is 2.03. The molecule has 0 aliphatic heterocycles. The lowest BCUT2D eigenvalue weighted by Crippen LogP contribution is -2.50. The van der Waals surface area contributed by atoms with Crippen molar-refractivity contribution in [3.63, 3.8) is 0 Å². The first-order valence-corrected chi connectivity index (χ1v) is 10.0. The number of aromatic amines is 1. The molecule has 1 unspecified atom stereocenters. The van der Waals surface area contributed by atoms with Crippen LogP contribution < -0.4 is 10.3 Å². The highest BCUT2D eigenvalue weighted by molar-refractivity contribution is 6.32. The molecule has 9 heteroatoms. The van der Waals surface area contributed by atoms with Gasteiger partial charge in [0.25, 0.3) is 5.56 Å². The molecule has 2 N–H and O–H groups in total. The lowest BCUT2D eigenvalue weighted by atomic mass is 9.75. The fourth-order valence-electron chi connectivity index (χ4n) is 3.57. The van der Waals surface area contributed by atoms with Gasteiger partial charge >= 0.3 is 6.18 Å². The van der Waals surface area contributed by atoms with Crippen molar-refractivity contribution in [2.75, 3.05) is 7.11 Å². The monoisotopic (exact) mass is 466 g/mol. The third-order valence-corrected chi connectivity index (χ3v) is 5.66. The van der Waals surface area contributed by atoms with Crippen LogP contribution in [0.2, 0.25) is 5.02 Å². The van der Waals surface area contributed by atoms with Crippen molar-refractivity contribution in [3.8, 4) is 5.75 Å². The molecular formula is C23H22ClF3N2O3. The summed E-state index contributed by atoms with van der Waals surface area (Å²) in [5, 5.41) is 11.7. The van der Waals surface area contributed by atoms with E-state index < -0.39 is 23.6 Å². The zero-order chi connectivity index (χ0) is 23.7. The molecule has 0 amide bonds. The standard InChI is InChI=1S/C23H22ClF3N2O3/c1-21(2,14-7-8-17(24)19(11-14)32-3)12-22(31,23(25,26)27)13-29-18-6-4-5-16-15(18)9-10-28-20(16)30/h4-11,13,31H,12H2,1-3H3,(H,28,30). The van der Waals surface area contributed by atoms with Crippen molar-refractivity contribution in [2.45, 2.75) is 37.5 Å². The Kier molecular flexibility index (Phi) is 6.40. The number of alkyl halides is 3. The van der Waals surface area contributed by atoms with E-state index in [1.807, 2.05) is 0 Å². The van der Waals surface area contributed by atoms with E-state index in [-0.39, 0.29) is 16.6 Å². The number of aliphatic imine (C=N–C) groups is 1. The highest BCUT2D eigenvalue weighted by atomic mass is 35.5. The molecule has 0 saturated heterocycles. The number of aromatic nitrogens is 1. The van der Waals surface area contributed by atoms with Crippen molar-refractivity contribution in [1.82, 2.24) is 4.98 Å². The highest BCUT2D eigenvalue weighted by Gasteiger charge is 2.55. The maximum Gasteiger partial charge on any atom is 0.422 e. The molecule has 3 aromatic rings. The molecule has 0 aliphatic rings. The van der Waals surface area contributed by atoms with E-state index in [2.05, 4.69) is 9.98 Å². The fraction of sp³-hybridized carbons (Fsp3) is 0.304. The predicted octanol–water partition coefficient (Wildman–Crippen LogP) is 5.55. The van der Waals surface area contributed by atoms with Crippen LogP contribution in [0.15, 0.2) is 58.4 Å². The van der Waals surface area contributed by atoms with Crippen LogP contribution in [0, 0.1) is 0 Å². The summed E-state index contributed by atoms with van der Waals surface area (Å²) in [5.74, 6) is 0.322. The number of nitrogens with one attached hydrogen (secondary N) is 1. The summed E-state index contributed by atoms with van der Waals surface area (Å²) in [6.07, 6.45) is -3.82. The number of benzene rings is 2. The Morgan fingerprint density at radius 1 is 1.16 bits per heavy atom. The summed E-state index contributed by atoms with van der Waals surface area (Å²) in [6.45, 7) is 3.16. The van der Waals surface area contributed by atoms with Gasteiger partial charge in [-0.15, -0.1) is 0 Å². The van der Waals surface area contributed by atoms with E-state index in [1.165, 1.54) is 31.5 Å². The predicted molar refractivity (Wildman–Crippen MR) is 119 cm³/mol. The first-order valence-electron chi connectivity index (χ1n) is 9.67. The van der Waals surface area contributed by atoms with Crippen LogP contribution in [0.1, 0.15) is 25.8 Å². The number of rotatable bonds is 6. The molecule has 0 fully saturated rings. The molecule has 0 aliphatic carbocycles. The van der Waals surface area contributed by atoms with Crippen molar-refractivity contribution >= 4 is 34.3 Å². The summed E-state index contributed by atoms with van der Waals surface area (Å²) < 4.78 is 47.2. The van der Waals surface area contributed by atoms with Gasteiger partial charge in [0.15, 0.2) is 5.60 Å². The summed E-state index contributed by atoms with van der Waals surface area (Å²) in [7, 11) is 1.41. The van der Waals surface area contributed by atoms with Gasteiger partial charge in [-0.05, 0) is 47.7 Å². The quantitative estimate of drug-likeness (QED) is 0.467. The van der Waals surface area contributed by atoms with Crippen LogP contribution in [0.25, 0.3) is 10.8 Å². The Morgan fingerprint density at radius 3 is 2.53 bits per heavy atom. The topological polar surface area (TPSA) is 74.7 Å². The number of aliphatic hydroxyl groups is 1. The smallest absolute Gasteiger partial charge is 0.422 e. The fourth-order valence-corrected chi connectivity index (χ4v) is 3.76. The van der Waals surface area contributed by atoms with E-state index >= 15 is 0 Å². The lowest BCUT2D eigenvalue weighted by molar-refractivity contribution is -0.234. The first kappa shape index (κ1) is 23.8. The van der Waals surface area contributed by atoms with Crippen LogP contribution in [0.5, 0.6) is 5.75 Å². The number of hydrogen-bond acceptors (Lipinski definition) is 4. The number of fused-ring (bicyclic) bond motifs is 1. The minimum atomic E-state index is -4.99. The number of pyridine rings is 1. The van der Waals surface area contributed by atoms with E-state index in [9.17, 15) is 23.1 Å². The average Bonchev–Trinajstić information content (AvgIpc) is 2.71. The number of halogens is 4. The maximum absolute atomic E-state index is 14.0. The third-order valence-electron chi connectivity index (χ3n) is 5.34. The van der Waals surface area contributed by atoms with E-state index in [0.717, 1.165) is 0 Å². The van der Waals surface area contributed by atoms with Crippen molar-refractivity contribution < 1.29 is 23.0 Å². The summed E-state index contributed by atoms with van der Waals surface area (Å²) >= 11 is 6.03. The van der Waals surface area contributed by atoms with Crippen LogP contribution in [0.4, 0.5) is 18.9 Å². The zero-order valence-electron chi connectivity index (χ0n) is 17.6. The lowest BCUT2D eigenvalue weighted by Gasteiger charge is -2.35. The maximum atomic E-state index is 14.0. The number of methoxy groups -OCH3 is 1. The number of nitrogens with zero attached hydrogens (tertiary/aromatic N) is 1. The van der Waals surface area contributed by atoms with Gasteiger partial charge in [-0.1, -0.05) is 37.6 Å². The molecule has 1 heterocycles. The second-order valence-electron chi connectivity index (χ2n) is 8.14. The Morgan fingerprint density at radius 2 is 1.88 bits per heavy atom. The van der Waals surface area contributed by atoms with E-state index in [0.29, 0.717) is 27.9 Å². The van der Waals surface area contributed by atoms with E-state index in [4.69, 9.17) is 16.3 Å². The minimum absolute atomic E-state index is 0.141. The van der Waals surface area contributed by atoms with Gasteiger partial charge in [0.1, 0.15) is 5.75 Å². The number of hydrogen-bond donors (Lipinski definition) is 2. The average molecular weight is 467 g/mol. The van der Waals surface area contributed by atoms with Gasteiger partial charge < -0.3 is 14.8 Å². The summed E-state index contributed by atoms with van der Waals surface area (Å²) in [4.78, 5) is 18.4. The number of ether oxygens (including phenoxy) is 1. The van der Waals surface area contributed by atoms with Crippen LogP contribution in [0.3, 0.4) is 0 Å². The number of H-pyrrole nitrogens is 1. The third kappa shape index (κ3) is 4.66. The normalized spacial score (nSPS) is 14.6. The highest BCUT2D eigenvalue weighted by Crippen LogP contribution is 2.42. The van der Waals surface area contributed by atoms with Gasteiger partial charge in [0.05, 0.1) is 17.8 Å². The van der Waals surface area contributed by atoms with Crippen LogP contribution in [-0.4, -0.2) is 35.2 Å². The van der Waals surface area contributed by atoms with Crippen molar-refractivity contribution in [1.29, 1.82) is 0 Å². The van der Waals surface area contributed by atoms with Gasteiger partial charge in [-0.2, -0.15) is 13.2 Å².